The molecule has 0 aromatic carbocycles. The summed E-state index contributed by atoms with van der Waals surface area (Å²) >= 11 is 0. The van der Waals surface area contributed by atoms with Gasteiger partial charge in [0.05, 0.1) is 12.8 Å². The quantitative estimate of drug-likeness (QED) is 0.155. The first kappa shape index (κ1) is 28.4. The molecule has 0 N–H and O–H groups in total. The van der Waals surface area contributed by atoms with Crippen LogP contribution in [0, 0.1) is 0 Å². The maximum Gasteiger partial charge on any atom is 0.394 e. The van der Waals surface area contributed by atoms with Gasteiger partial charge in [0.1, 0.15) is 6.42 Å². The zero-order valence-electron chi connectivity index (χ0n) is 17.0. The molecule has 0 saturated carbocycles. The smallest absolute Gasteiger partial charge is 0.207 e. The Kier molecular flexibility index (Phi) is 12.6. The molecule has 0 aromatic heterocycles. The monoisotopic (exact) mass is 444 g/mol. The van der Waals surface area contributed by atoms with Crippen molar-refractivity contribution in [2.45, 2.75) is 127 Å². The first-order valence-corrected chi connectivity index (χ1v) is 10.4. The van der Waals surface area contributed by atoms with Gasteiger partial charge >= 0.3 is 6.18 Å². The van der Waals surface area contributed by atoms with Gasteiger partial charge in [0.2, 0.25) is 0 Å². The Morgan fingerprint density at radius 3 is 1.17 bits per heavy atom. The zero-order chi connectivity index (χ0) is 22.6. The molecule has 9 heteroatoms. The van der Waals surface area contributed by atoms with Gasteiger partial charge in [0, 0.05) is 6.42 Å². The summed E-state index contributed by atoms with van der Waals surface area (Å²) in [5.74, 6) is -13.2. The van der Waals surface area contributed by atoms with Crippen molar-refractivity contribution < 1.29 is 39.5 Å². The number of hydrogen-bond acceptors (Lipinski definition) is 0. The van der Waals surface area contributed by atoms with E-state index < -0.39 is 49.6 Å². The van der Waals surface area contributed by atoms with Crippen LogP contribution in [0.5, 0.6) is 0 Å². The number of halogens is 9. The highest BCUT2D eigenvalue weighted by Crippen LogP contribution is 2.43. The molecule has 0 aliphatic rings. The van der Waals surface area contributed by atoms with E-state index in [1.165, 1.54) is 25.7 Å². The van der Waals surface area contributed by atoms with E-state index in [1.807, 2.05) is 0 Å². The molecule has 0 amide bonds. The lowest BCUT2D eigenvalue weighted by Crippen LogP contribution is -2.37. The molecular weight excluding hydrogens is 411 g/mol. The average Bonchev–Trinajstić information content (AvgIpc) is 2.47. The first-order chi connectivity index (χ1) is 13.2. The van der Waals surface area contributed by atoms with Gasteiger partial charge in [-0.15, -0.1) is 0 Å². The Bertz CT molecular complexity index is 417. The van der Waals surface area contributed by atoms with Crippen LogP contribution in [0.3, 0.4) is 0 Å². The van der Waals surface area contributed by atoms with Crippen LogP contribution in [0.4, 0.5) is 39.5 Å². The van der Waals surface area contributed by atoms with Crippen molar-refractivity contribution in [2.24, 2.45) is 0 Å². The molecular formula is C20H33F9. The van der Waals surface area contributed by atoms with Crippen LogP contribution in [0.25, 0.3) is 0 Å². The van der Waals surface area contributed by atoms with Crippen molar-refractivity contribution in [3.05, 3.63) is 0 Å². The summed E-state index contributed by atoms with van der Waals surface area (Å²) in [4.78, 5) is 0. The molecule has 0 bridgehead atoms. The minimum Gasteiger partial charge on any atom is -0.207 e. The summed E-state index contributed by atoms with van der Waals surface area (Å²) < 4.78 is 116. The lowest BCUT2D eigenvalue weighted by molar-refractivity contribution is -0.214. The van der Waals surface area contributed by atoms with Gasteiger partial charge in [-0.2, -0.15) is 13.2 Å². The van der Waals surface area contributed by atoms with Crippen molar-refractivity contribution in [1.82, 2.24) is 0 Å². The van der Waals surface area contributed by atoms with E-state index in [9.17, 15) is 39.5 Å². The molecule has 0 spiro atoms. The minimum absolute atomic E-state index is 0.0292. The van der Waals surface area contributed by atoms with Crippen molar-refractivity contribution in [3.63, 3.8) is 0 Å². The fourth-order valence-electron chi connectivity index (χ4n) is 3.31. The van der Waals surface area contributed by atoms with Crippen LogP contribution < -0.4 is 0 Å². The number of rotatable bonds is 17. The largest absolute Gasteiger partial charge is 0.394 e. The van der Waals surface area contributed by atoms with Crippen LogP contribution in [-0.4, -0.2) is 23.9 Å². The SMILES string of the molecule is CCCCCCCCCCCCCC(F)(F)CC(F)(F)CC(F)(F)CC(F)(F)F. The maximum absolute atomic E-state index is 13.7. The lowest BCUT2D eigenvalue weighted by Gasteiger charge is -2.27. The molecule has 0 atom stereocenters. The summed E-state index contributed by atoms with van der Waals surface area (Å²) in [6.07, 6.45) is -3.79. The Balaban J connectivity index is 4.04. The lowest BCUT2D eigenvalue weighted by atomic mass is 9.97. The molecule has 0 aliphatic heterocycles. The van der Waals surface area contributed by atoms with E-state index in [-0.39, 0.29) is 6.42 Å². The Hall–Kier alpha value is -0.630. The summed E-state index contributed by atoms with van der Waals surface area (Å²) in [5.41, 5.74) is 0. The summed E-state index contributed by atoms with van der Waals surface area (Å²) in [6, 6.07) is 0. The normalized spacial score (nSPS) is 13.9. The minimum atomic E-state index is -5.35. The van der Waals surface area contributed by atoms with Gasteiger partial charge in [-0.3, -0.25) is 0 Å². The second kappa shape index (κ2) is 12.9. The van der Waals surface area contributed by atoms with Crippen LogP contribution in [-0.2, 0) is 0 Å². The maximum atomic E-state index is 13.7. The van der Waals surface area contributed by atoms with Crippen molar-refractivity contribution in [2.75, 3.05) is 0 Å². The zero-order valence-corrected chi connectivity index (χ0v) is 17.0. The average molecular weight is 444 g/mol. The predicted molar refractivity (Wildman–Crippen MR) is 95.8 cm³/mol. The molecule has 0 nitrogen and oxygen atoms in total. The van der Waals surface area contributed by atoms with Crippen LogP contribution in [0.1, 0.15) is 103 Å². The summed E-state index contributed by atoms with van der Waals surface area (Å²) in [7, 11) is 0. The van der Waals surface area contributed by atoms with Gasteiger partial charge < -0.3 is 0 Å². The fraction of sp³-hybridized carbons (Fsp3) is 1.00. The van der Waals surface area contributed by atoms with Gasteiger partial charge in [0.25, 0.3) is 17.8 Å². The predicted octanol–water partition coefficient (Wildman–Crippen LogP) is 9.33. The molecule has 0 rings (SSSR count). The first-order valence-electron chi connectivity index (χ1n) is 10.4. The van der Waals surface area contributed by atoms with Crippen molar-refractivity contribution in [3.8, 4) is 0 Å². The van der Waals surface area contributed by atoms with E-state index in [2.05, 4.69) is 6.92 Å². The van der Waals surface area contributed by atoms with E-state index in [0.717, 1.165) is 25.7 Å². The Morgan fingerprint density at radius 2 is 0.759 bits per heavy atom. The molecule has 0 fully saturated rings. The highest BCUT2D eigenvalue weighted by atomic mass is 19.4. The van der Waals surface area contributed by atoms with Crippen LogP contribution in [0.2, 0.25) is 0 Å². The van der Waals surface area contributed by atoms with E-state index in [4.69, 9.17) is 0 Å². The third-order valence-electron chi connectivity index (χ3n) is 4.64. The molecule has 0 heterocycles. The second-order valence-corrected chi connectivity index (χ2v) is 8.00. The Labute approximate surface area is 167 Å². The number of hydrogen-bond donors (Lipinski definition) is 0. The third kappa shape index (κ3) is 17.9. The third-order valence-corrected chi connectivity index (χ3v) is 4.64. The van der Waals surface area contributed by atoms with Gasteiger partial charge in [-0.1, -0.05) is 71.1 Å². The Morgan fingerprint density at radius 1 is 0.414 bits per heavy atom. The van der Waals surface area contributed by atoms with Gasteiger partial charge in [0.15, 0.2) is 0 Å². The molecule has 0 saturated heterocycles. The second-order valence-electron chi connectivity index (χ2n) is 8.00. The topological polar surface area (TPSA) is 0 Å². The number of unbranched alkanes of at least 4 members (excludes halogenated alkanes) is 10. The van der Waals surface area contributed by atoms with Crippen LogP contribution >= 0.6 is 0 Å². The van der Waals surface area contributed by atoms with Crippen molar-refractivity contribution >= 4 is 0 Å². The molecule has 0 unspecified atom stereocenters. The molecule has 176 valence electrons. The molecule has 0 aromatic rings. The van der Waals surface area contributed by atoms with E-state index >= 15 is 0 Å². The number of alkyl halides is 9. The highest BCUT2D eigenvalue weighted by molar-refractivity contribution is 4.84. The summed E-state index contributed by atoms with van der Waals surface area (Å²) in [5, 5.41) is 0. The highest BCUT2D eigenvalue weighted by Gasteiger charge is 2.52. The van der Waals surface area contributed by atoms with E-state index in [1.54, 1.807) is 0 Å². The fourth-order valence-corrected chi connectivity index (χ4v) is 3.31. The molecule has 0 aliphatic carbocycles. The van der Waals surface area contributed by atoms with Gasteiger partial charge in [-0.05, 0) is 6.42 Å². The molecule has 29 heavy (non-hydrogen) atoms. The molecule has 0 radical (unpaired) electrons. The standard InChI is InChI=1S/C20H33F9/c1-2-3-4-5-6-7-8-9-10-11-12-13-17(21,22)14-18(23,24)15-19(25,26)16-20(27,28)29/h2-16H2,1H3. The van der Waals surface area contributed by atoms with E-state index in [0.29, 0.717) is 12.8 Å². The van der Waals surface area contributed by atoms with Crippen LogP contribution in [0.15, 0.2) is 0 Å². The summed E-state index contributed by atoms with van der Waals surface area (Å²) in [6.45, 7) is 2.13. The van der Waals surface area contributed by atoms with Crippen molar-refractivity contribution in [1.29, 1.82) is 0 Å². The van der Waals surface area contributed by atoms with Gasteiger partial charge in [-0.25, -0.2) is 26.3 Å².